The first-order valence-electron chi connectivity index (χ1n) is 14.2. The number of nitrogens with zero attached hydrogens (tertiary/aromatic N) is 2. The molecule has 2 amide bonds. The Kier molecular flexibility index (Phi) is 11.1. The summed E-state index contributed by atoms with van der Waals surface area (Å²) >= 11 is 0. The van der Waals surface area contributed by atoms with Gasteiger partial charge in [-0.3, -0.25) is 14.5 Å². The summed E-state index contributed by atoms with van der Waals surface area (Å²) in [5.41, 5.74) is 10.7. The smallest absolute Gasteiger partial charge is 0.337 e. The van der Waals surface area contributed by atoms with Crippen LogP contribution in [0.2, 0.25) is 0 Å². The molecular formula is C36H35N3O5. The number of esters is 1. The van der Waals surface area contributed by atoms with Crippen LogP contribution in [-0.2, 0) is 32.1 Å². The summed E-state index contributed by atoms with van der Waals surface area (Å²) in [6, 6.07) is 32.3. The molecular weight excluding hydrogens is 554 g/mol. The van der Waals surface area contributed by atoms with Gasteiger partial charge in [-0.25, -0.2) is 4.79 Å². The van der Waals surface area contributed by atoms with E-state index in [2.05, 4.69) is 6.07 Å². The number of methoxy groups -OCH3 is 1. The maximum atomic E-state index is 14.5. The van der Waals surface area contributed by atoms with Gasteiger partial charge in [-0.05, 0) is 47.7 Å². The summed E-state index contributed by atoms with van der Waals surface area (Å²) in [7, 11) is 1.30. The van der Waals surface area contributed by atoms with Gasteiger partial charge in [0.2, 0.25) is 11.8 Å². The summed E-state index contributed by atoms with van der Waals surface area (Å²) in [6.07, 6.45) is 0.185. The van der Waals surface area contributed by atoms with Crippen molar-refractivity contribution < 1.29 is 23.9 Å². The van der Waals surface area contributed by atoms with E-state index < -0.39 is 35.8 Å². The minimum Gasteiger partial charge on any atom is -0.465 e. The van der Waals surface area contributed by atoms with Gasteiger partial charge < -0.3 is 15.2 Å². The number of carbonyl (C=O) groups is 3. The molecule has 0 radical (unpaired) electrons. The highest BCUT2D eigenvalue weighted by atomic mass is 16.5. The molecule has 0 aliphatic carbocycles. The van der Waals surface area contributed by atoms with Crippen molar-refractivity contribution in [2.24, 2.45) is 5.73 Å². The van der Waals surface area contributed by atoms with Gasteiger partial charge in [0.05, 0.1) is 43.9 Å². The Hall–Kier alpha value is -5.10. The van der Waals surface area contributed by atoms with Gasteiger partial charge >= 0.3 is 5.97 Å². The molecule has 0 bridgehead atoms. The number of carbonyl (C=O) groups excluding carboxylic acids is 3. The van der Waals surface area contributed by atoms with Crippen LogP contribution in [0.15, 0.2) is 109 Å². The molecule has 0 saturated carbocycles. The fourth-order valence-corrected chi connectivity index (χ4v) is 5.05. The molecule has 224 valence electrons. The molecule has 2 N–H and O–H groups in total. The summed E-state index contributed by atoms with van der Waals surface area (Å²) in [6.45, 7) is 1.72. The normalized spacial score (nSPS) is 12.2. The van der Waals surface area contributed by atoms with E-state index in [1.807, 2.05) is 91.9 Å². The first-order valence-corrected chi connectivity index (χ1v) is 14.2. The molecule has 4 rings (SSSR count). The van der Waals surface area contributed by atoms with Crippen LogP contribution in [0, 0.1) is 18.3 Å². The third kappa shape index (κ3) is 8.04. The SMILES string of the molecule is COC(=O)c1cccc(COCC(C#N)N(C(=O)C(c2ccccc2)c2ccccc2)C(=O)[C@@H](N)Cc2cccc(C)c2)c1. The molecule has 0 aliphatic heterocycles. The van der Waals surface area contributed by atoms with Gasteiger partial charge in [0, 0.05) is 0 Å². The lowest BCUT2D eigenvalue weighted by Gasteiger charge is -2.31. The van der Waals surface area contributed by atoms with Crippen LogP contribution in [0.4, 0.5) is 0 Å². The Morgan fingerprint density at radius 3 is 2.02 bits per heavy atom. The molecule has 4 aromatic carbocycles. The number of amides is 2. The van der Waals surface area contributed by atoms with Crippen LogP contribution in [0.5, 0.6) is 0 Å². The minimum absolute atomic E-state index is 0.0371. The van der Waals surface area contributed by atoms with Gasteiger partial charge in [0.15, 0.2) is 0 Å². The Balaban J connectivity index is 1.65. The molecule has 0 aromatic heterocycles. The molecule has 0 aliphatic rings. The maximum absolute atomic E-state index is 14.5. The zero-order valence-corrected chi connectivity index (χ0v) is 24.8. The average molecular weight is 590 g/mol. The highest BCUT2D eigenvalue weighted by Crippen LogP contribution is 2.28. The second-order valence-electron chi connectivity index (χ2n) is 10.5. The molecule has 44 heavy (non-hydrogen) atoms. The highest BCUT2D eigenvalue weighted by molar-refractivity contribution is 6.02. The first kappa shape index (κ1) is 31.8. The van der Waals surface area contributed by atoms with E-state index >= 15 is 0 Å². The monoisotopic (exact) mass is 589 g/mol. The molecule has 2 atom stereocenters. The third-order valence-corrected chi connectivity index (χ3v) is 7.20. The van der Waals surface area contributed by atoms with Crippen LogP contribution in [0.3, 0.4) is 0 Å². The number of nitrogens with two attached hydrogens (primary N) is 1. The zero-order chi connectivity index (χ0) is 31.5. The number of hydrogen-bond acceptors (Lipinski definition) is 7. The van der Waals surface area contributed by atoms with Crippen molar-refractivity contribution in [2.75, 3.05) is 13.7 Å². The second kappa shape index (κ2) is 15.4. The van der Waals surface area contributed by atoms with Crippen molar-refractivity contribution in [1.82, 2.24) is 4.90 Å². The number of benzene rings is 4. The van der Waals surface area contributed by atoms with Crippen molar-refractivity contribution in [3.63, 3.8) is 0 Å². The van der Waals surface area contributed by atoms with Crippen LogP contribution < -0.4 is 5.73 Å². The Morgan fingerprint density at radius 2 is 1.43 bits per heavy atom. The third-order valence-electron chi connectivity index (χ3n) is 7.20. The summed E-state index contributed by atoms with van der Waals surface area (Å²) < 4.78 is 10.7. The van der Waals surface area contributed by atoms with E-state index in [1.165, 1.54) is 7.11 Å². The van der Waals surface area contributed by atoms with Crippen LogP contribution in [-0.4, -0.2) is 48.5 Å². The number of nitriles is 1. The van der Waals surface area contributed by atoms with Crippen molar-refractivity contribution in [3.05, 3.63) is 143 Å². The van der Waals surface area contributed by atoms with E-state index in [1.54, 1.807) is 24.3 Å². The number of aryl methyl sites for hydroxylation is 1. The number of ether oxygens (including phenoxy) is 2. The van der Waals surface area contributed by atoms with Gasteiger partial charge in [0.1, 0.15) is 6.04 Å². The number of hydrogen-bond donors (Lipinski definition) is 1. The lowest BCUT2D eigenvalue weighted by atomic mass is 9.89. The zero-order valence-electron chi connectivity index (χ0n) is 24.8. The van der Waals surface area contributed by atoms with Gasteiger partial charge in [-0.1, -0.05) is 103 Å². The topological polar surface area (TPSA) is 123 Å². The van der Waals surface area contributed by atoms with E-state index in [9.17, 15) is 19.6 Å². The molecule has 8 heteroatoms. The summed E-state index contributed by atoms with van der Waals surface area (Å²) in [4.78, 5) is 41.4. The fraction of sp³-hybridized carbons (Fsp3) is 0.222. The predicted octanol–water partition coefficient (Wildman–Crippen LogP) is 4.95. The Bertz CT molecular complexity index is 1580. The van der Waals surface area contributed by atoms with Crippen molar-refractivity contribution in [1.29, 1.82) is 5.26 Å². The first-order chi connectivity index (χ1) is 21.3. The van der Waals surface area contributed by atoms with E-state index in [0.717, 1.165) is 16.0 Å². The van der Waals surface area contributed by atoms with Crippen LogP contribution >= 0.6 is 0 Å². The predicted molar refractivity (Wildman–Crippen MR) is 166 cm³/mol. The van der Waals surface area contributed by atoms with Gasteiger partial charge in [0.25, 0.3) is 0 Å². The summed E-state index contributed by atoms with van der Waals surface area (Å²) in [5, 5.41) is 10.3. The highest BCUT2D eigenvalue weighted by Gasteiger charge is 2.38. The Labute approximate surface area is 257 Å². The number of imide groups is 1. The summed E-state index contributed by atoms with van der Waals surface area (Å²) in [5.74, 6) is -2.59. The van der Waals surface area contributed by atoms with Crippen LogP contribution in [0.25, 0.3) is 0 Å². The molecule has 1 unspecified atom stereocenters. The lowest BCUT2D eigenvalue weighted by molar-refractivity contribution is -0.149. The van der Waals surface area contributed by atoms with Crippen LogP contribution in [0.1, 0.15) is 44.1 Å². The van der Waals surface area contributed by atoms with E-state index in [-0.39, 0.29) is 19.6 Å². The molecule has 8 nitrogen and oxygen atoms in total. The lowest BCUT2D eigenvalue weighted by Crippen LogP contribution is -2.54. The molecule has 0 saturated heterocycles. The van der Waals surface area contributed by atoms with Crippen molar-refractivity contribution in [3.8, 4) is 6.07 Å². The standard InChI is InChI=1S/C36H35N3O5/c1-25-11-9-12-26(19-25)21-32(38)34(40)39(31(22-37)24-44-23-27-13-10-18-30(20-27)36(42)43-2)35(41)33(28-14-5-3-6-15-28)29-16-7-4-8-17-29/h3-20,31-33H,21,23-24,38H2,1-2H3/t31?,32-/m0/s1. The second-order valence-corrected chi connectivity index (χ2v) is 10.5. The number of rotatable bonds is 12. The average Bonchev–Trinajstić information content (AvgIpc) is 3.05. The van der Waals surface area contributed by atoms with Gasteiger partial charge in [-0.15, -0.1) is 0 Å². The van der Waals surface area contributed by atoms with Crippen molar-refractivity contribution >= 4 is 17.8 Å². The minimum atomic E-state index is -1.27. The quantitative estimate of drug-likeness (QED) is 0.232. The molecule has 0 heterocycles. The largest absolute Gasteiger partial charge is 0.465 e. The molecule has 0 fully saturated rings. The molecule has 0 spiro atoms. The maximum Gasteiger partial charge on any atom is 0.337 e. The fourth-order valence-electron chi connectivity index (χ4n) is 5.05. The van der Waals surface area contributed by atoms with E-state index in [0.29, 0.717) is 22.3 Å². The molecule has 4 aromatic rings. The van der Waals surface area contributed by atoms with Crippen molar-refractivity contribution in [2.45, 2.75) is 38.0 Å². The van der Waals surface area contributed by atoms with E-state index in [4.69, 9.17) is 15.2 Å². The Morgan fingerprint density at radius 1 is 0.818 bits per heavy atom. The van der Waals surface area contributed by atoms with Gasteiger partial charge in [-0.2, -0.15) is 5.26 Å².